The normalized spacial score (nSPS) is 17.7. The van der Waals surface area contributed by atoms with Crippen molar-refractivity contribution in [2.24, 2.45) is 0 Å². The average molecular weight is 379 g/mol. The number of carbonyl (C=O) groups excluding carboxylic acids is 1. The maximum Gasteiger partial charge on any atom is 0.217 e. The molecule has 1 aromatic carbocycles. The fourth-order valence-corrected chi connectivity index (χ4v) is 3.65. The molecule has 3 aromatic rings. The van der Waals surface area contributed by atoms with E-state index in [0.717, 1.165) is 42.2 Å². The highest BCUT2D eigenvalue weighted by molar-refractivity contribution is 5.72. The maximum absolute atomic E-state index is 11.4. The van der Waals surface area contributed by atoms with Gasteiger partial charge in [-0.1, -0.05) is 30.3 Å². The molecule has 1 fully saturated rings. The van der Waals surface area contributed by atoms with Crippen LogP contribution >= 0.6 is 0 Å². The number of morpholine rings is 1. The molecule has 3 heterocycles. The number of rotatable bonds is 5. The van der Waals surface area contributed by atoms with E-state index in [1.807, 2.05) is 29.8 Å². The number of fused-ring (bicyclic) bond motifs is 1. The SMILES string of the molecule is CC(=O)NCc1cnc2cc(C)nn2c1[C@@H]1CN(Cc2ccccc2)CCO1. The molecule has 7 heteroatoms. The molecule has 0 spiro atoms. The van der Waals surface area contributed by atoms with Gasteiger partial charge < -0.3 is 10.1 Å². The van der Waals surface area contributed by atoms with Gasteiger partial charge in [-0.25, -0.2) is 9.50 Å². The van der Waals surface area contributed by atoms with Gasteiger partial charge in [-0.2, -0.15) is 5.10 Å². The molecule has 1 atom stereocenters. The molecule has 7 nitrogen and oxygen atoms in total. The quantitative estimate of drug-likeness (QED) is 0.736. The highest BCUT2D eigenvalue weighted by Gasteiger charge is 2.27. The lowest BCUT2D eigenvalue weighted by molar-refractivity contribution is -0.119. The zero-order valence-electron chi connectivity index (χ0n) is 16.3. The zero-order valence-corrected chi connectivity index (χ0v) is 16.3. The van der Waals surface area contributed by atoms with Crippen LogP contribution in [0.3, 0.4) is 0 Å². The Hall–Kier alpha value is -2.77. The first kappa shape index (κ1) is 18.6. The van der Waals surface area contributed by atoms with E-state index in [1.54, 1.807) is 0 Å². The largest absolute Gasteiger partial charge is 0.369 e. The van der Waals surface area contributed by atoms with Gasteiger partial charge in [0.15, 0.2) is 5.65 Å². The maximum atomic E-state index is 11.4. The number of hydrogen-bond acceptors (Lipinski definition) is 5. The van der Waals surface area contributed by atoms with Crippen molar-refractivity contribution in [3.05, 3.63) is 65.1 Å². The molecule has 0 radical (unpaired) electrons. The molecule has 1 N–H and O–H groups in total. The first-order valence-electron chi connectivity index (χ1n) is 9.56. The van der Waals surface area contributed by atoms with E-state index < -0.39 is 0 Å². The summed E-state index contributed by atoms with van der Waals surface area (Å²) in [7, 11) is 0. The lowest BCUT2D eigenvalue weighted by atomic mass is 10.1. The van der Waals surface area contributed by atoms with Gasteiger partial charge in [0, 0.05) is 50.9 Å². The van der Waals surface area contributed by atoms with E-state index in [9.17, 15) is 4.79 Å². The second-order valence-electron chi connectivity index (χ2n) is 7.21. The van der Waals surface area contributed by atoms with Crippen LogP contribution < -0.4 is 5.32 Å². The molecule has 1 aliphatic heterocycles. The van der Waals surface area contributed by atoms with Crippen LogP contribution in [-0.2, 0) is 22.6 Å². The van der Waals surface area contributed by atoms with Crippen LogP contribution in [0.2, 0.25) is 0 Å². The second kappa shape index (κ2) is 8.08. The van der Waals surface area contributed by atoms with Crippen LogP contribution in [0.25, 0.3) is 5.65 Å². The summed E-state index contributed by atoms with van der Waals surface area (Å²) >= 11 is 0. The molecule has 0 bridgehead atoms. The third kappa shape index (κ3) is 4.05. The number of carbonyl (C=O) groups is 1. The molecule has 0 saturated carbocycles. The Morgan fingerprint density at radius 3 is 2.93 bits per heavy atom. The van der Waals surface area contributed by atoms with E-state index in [1.165, 1.54) is 12.5 Å². The summed E-state index contributed by atoms with van der Waals surface area (Å²) < 4.78 is 8.02. The van der Waals surface area contributed by atoms with Gasteiger partial charge in [-0.05, 0) is 12.5 Å². The summed E-state index contributed by atoms with van der Waals surface area (Å²) in [6, 6.07) is 12.4. The number of amides is 1. The molecular weight excluding hydrogens is 354 g/mol. The second-order valence-corrected chi connectivity index (χ2v) is 7.21. The van der Waals surface area contributed by atoms with Crippen LogP contribution in [0.1, 0.15) is 35.5 Å². The molecule has 146 valence electrons. The Morgan fingerprint density at radius 1 is 1.32 bits per heavy atom. The van der Waals surface area contributed by atoms with Crippen molar-refractivity contribution in [1.29, 1.82) is 0 Å². The van der Waals surface area contributed by atoms with E-state index in [-0.39, 0.29) is 12.0 Å². The molecule has 1 amide bonds. The Kier molecular flexibility index (Phi) is 5.36. The molecule has 28 heavy (non-hydrogen) atoms. The molecule has 1 aliphatic rings. The number of aromatic nitrogens is 3. The third-order valence-electron chi connectivity index (χ3n) is 4.95. The third-order valence-corrected chi connectivity index (χ3v) is 4.95. The predicted molar refractivity (Wildman–Crippen MR) is 106 cm³/mol. The van der Waals surface area contributed by atoms with Crippen LogP contribution in [0.4, 0.5) is 0 Å². The number of aryl methyl sites for hydroxylation is 1. The van der Waals surface area contributed by atoms with Gasteiger partial charge >= 0.3 is 0 Å². The lowest BCUT2D eigenvalue weighted by Gasteiger charge is -2.34. The van der Waals surface area contributed by atoms with E-state index in [0.29, 0.717) is 13.2 Å². The van der Waals surface area contributed by atoms with Gasteiger partial charge in [0.05, 0.1) is 18.0 Å². The van der Waals surface area contributed by atoms with Crippen LogP contribution in [0, 0.1) is 6.92 Å². The van der Waals surface area contributed by atoms with Crippen molar-refractivity contribution in [2.75, 3.05) is 19.7 Å². The van der Waals surface area contributed by atoms with Crippen molar-refractivity contribution in [2.45, 2.75) is 33.0 Å². The standard InChI is InChI=1S/C21H25N5O2/c1-15-10-20-23-12-18(11-22-16(2)27)21(26(20)24-15)19-14-25(8-9-28-19)13-17-6-4-3-5-7-17/h3-7,10,12,19H,8-9,11,13-14H2,1-2H3,(H,22,27)/t19-/m0/s1. The molecule has 1 saturated heterocycles. The molecule has 0 aliphatic carbocycles. The smallest absolute Gasteiger partial charge is 0.217 e. The Balaban J connectivity index is 1.64. The zero-order chi connectivity index (χ0) is 19.5. The number of hydrogen-bond donors (Lipinski definition) is 1. The Bertz CT molecular complexity index is 970. The minimum absolute atomic E-state index is 0.0713. The fourth-order valence-electron chi connectivity index (χ4n) is 3.65. The van der Waals surface area contributed by atoms with Crippen molar-refractivity contribution < 1.29 is 9.53 Å². The first-order chi connectivity index (χ1) is 13.6. The summed E-state index contributed by atoms with van der Waals surface area (Å²) in [6.45, 7) is 7.07. The van der Waals surface area contributed by atoms with Crippen molar-refractivity contribution in [1.82, 2.24) is 24.8 Å². The summed E-state index contributed by atoms with van der Waals surface area (Å²) in [6.07, 6.45) is 1.69. The van der Waals surface area contributed by atoms with Gasteiger partial charge in [-0.3, -0.25) is 9.69 Å². The van der Waals surface area contributed by atoms with Gasteiger partial charge in [0.1, 0.15) is 6.10 Å². The van der Waals surface area contributed by atoms with E-state index in [2.05, 4.69) is 44.6 Å². The summed E-state index contributed by atoms with van der Waals surface area (Å²) in [5.41, 5.74) is 4.88. The lowest BCUT2D eigenvalue weighted by Crippen LogP contribution is -2.39. The number of benzene rings is 1. The summed E-state index contributed by atoms with van der Waals surface area (Å²) in [5, 5.41) is 7.50. The highest BCUT2D eigenvalue weighted by Crippen LogP contribution is 2.27. The van der Waals surface area contributed by atoms with E-state index >= 15 is 0 Å². The van der Waals surface area contributed by atoms with Gasteiger partial charge in [0.2, 0.25) is 5.91 Å². The van der Waals surface area contributed by atoms with Gasteiger partial charge in [-0.15, -0.1) is 0 Å². The number of ether oxygens (including phenoxy) is 1. The van der Waals surface area contributed by atoms with E-state index in [4.69, 9.17) is 4.74 Å². The van der Waals surface area contributed by atoms with Crippen molar-refractivity contribution >= 4 is 11.6 Å². The average Bonchev–Trinajstić information content (AvgIpc) is 3.07. The minimum Gasteiger partial charge on any atom is -0.369 e. The number of nitrogens with zero attached hydrogens (tertiary/aromatic N) is 4. The number of nitrogens with one attached hydrogen (secondary N) is 1. The van der Waals surface area contributed by atoms with Crippen LogP contribution in [0.15, 0.2) is 42.6 Å². The monoisotopic (exact) mass is 379 g/mol. The predicted octanol–water partition coefficient (Wildman–Crippen LogP) is 2.25. The molecule has 4 rings (SSSR count). The highest BCUT2D eigenvalue weighted by atomic mass is 16.5. The Labute approximate surface area is 164 Å². The first-order valence-corrected chi connectivity index (χ1v) is 9.56. The van der Waals surface area contributed by atoms with Crippen LogP contribution in [-0.4, -0.2) is 45.1 Å². The van der Waals surface area contributed by atoms with Crippen LogP contribution in [0.5, 0.6) is 0 Å². The van der Waals surface area contributed by atoms with Gasteiger partial charge in [0.25, 0.3) is 0 Å². The molecular formula is C21H25N5O2. The summed E-state index contributed by atoms with van der Waals surface area (Å²) in [4.78, 5) is 18.3. The fraction of sp³-hybridized carbons (Fsp3) is 0.381. The molecule has 2 aromatic heterocycles. The van der Waals surface area contributed by atoms with Crippen molar-refractivity contribution in [3.63, 3.8) is 0 Å². The minimum atomic E-state index is -0.133. The van der Waals surface area contributed by atoms with Crippen molar-refractivity contribution in [3.8, 4) is 0 Å². The Morgan fingerprint density at radius 2 is 2.14 bits per heavy atom. The topological polar surface area (TPSA) is 71.8 Å². The summed E-state index contributed by atoms with van der Waals surface area (Å²) in [5.74, 6) is -0.0713. The molecule has 0 unspecified atom stereocenters.